The predicted molar refractivity (Wildman–Crippen MR) is 69.1 cm³/mol. The number of benzene rings is 1. The van der Waals surface area contributed by atoms with Gasteiger partial charge in [0.25, 0.3) is 0 Å². The molecule has 2 aromatic rings. The number of aromatic nitrogens is 2. The molecule has 0 radical (unpaired) electrons. The smallest absolute Gasteiger partial charge is 0.237 e. The molecule has 0 unspecified atom stereocenters. The fraction of sp³-hybridized carbons (Fsp3) is 0.273. The van der Waals surface area contributed by atoms with E-state index in [1.165, 1.54) is 11.8 Å². The number of nitrogens with zero attached hydrogens (tertiary/aromatic N) is 2. The molecule has 1 heterocycles. The van der Waals surface area contributed by atoms with Crippen molar-refractivity contribution in [3.05, 3.63) is 34.9 Å². The molecule has 0 aliphatic carbocycles. The summed E-state index contributed by atoms with van der Waals surface area (Å²) in [6.07, 6.45) is 0.771. The Balaban J connectivity index is 2.04. The second-order valence-electron chi connectivity index (χ2n) is 3.43. The zero-order valence-electron chi connectivity index (χ0n) is 9.31. The Kier molecular flexibility index (Phi) is 3.91. The van der Waals surface area contributed by atoms with Crippen LogP contribution in [0.3, 0.4) is 0 Å². The third-order valence-corrected chi connectivity index (χ3v) is 3.44. The van der Waals surface area contributed by atoms with Crippen LogP contribution in [0.25, 0.3) is 0 Å². The molecule has 0 bridgehead atoms. The minimum atomic E-state index is 0.595. The highest BCUT2D eigenvalue weighted by Gasteiger charge is 2.07. The molecule has 17 heavy (non-hydrogen) atoms. The monoisotopic (exact) mass is 269 g/mol. The number of anilines is 1. The molecule has 4 nitrogen and oxygen atoms in total. The molecule has 0 fully saturated rings. The van der Waals surface area contributed by atoms with Crippen molar-refractivity contribution in [2.45, 2.75) is 24.0 Å². The fourth-order valence-electron chi connectivity index (χ4n) is 1.27. The number of aryl methyl sites for hydroxylation is 1. The summed E-state index contributed by atoms with van der Waals surface area (Å²) in [5.41, 5.74) is 6.54. The van der Waals surface area contributed by atoms with Gasteiger partial charge in [-0.05, 0) is 18.2 Å². The first kappa shape index (κ1) is 12.3. The lowest BCUT2D eigenvalue weighted by molar-refractivity contribution is 0.385. The standard InChI is InChI=1S/C11H12ClN3OS/c1-2-10-14-11(16-15-10)6-17-9-5-7(12)3-4-8(9)13/h3-5H,2,6,13H2,1H3. The highest BCUT2D eigenvalue weighted by Crippen LogP contribution is 2.30. The fourth-order valence-corrected chi connectivity index (χ4v) is 2.34. The Morgan fingerprint density at radius 3 is 3.00 bits per heavy atom. The summed E-state index contributed by atoms with van der Waals surface area (Å²) in [6.45, 7) is 1.98. The van der Waals surface area contributed by atoms with E-state index >= 15 is 0 Å². The van der Waals surface area contributed by atoms with Crippen molar-refractivity contribution >= 4 is 29.1 Å². The van der Waals surface area contributed by atoms with E-state index < -0.39 is 0 Å². The van der Waals surface area contributed by atoms with Gasteiger partial charge in [-0.1, -0.05) is 23.7 Å². The number of hydrogen-bond donors (Lipinski definition) is 1. The number of rotatable bonds is 4. The highest BCUT2D eigenvalue weighted by molar-refractivity contribution is 7.98. The molecule has 0 atom stereocenters. The van der Waals surface area contributed by atoms with E-state index in [4.69, 9.17) is 21.9 Å². The third kappa shape index (κ3) is 3.14. The molecule has 0 saturated carbocycles. The largest absolute Gasteiger partial charge is 0.398 e. The van der Waals surface area contributed by atoms with Gasteiger partial charge >= 0.3 is 0 Å². The summed E-state index contributed by atoms with van der Waals surface area (Å²) in [5.74, 6) is 1.92. The molecule has 2 N–H and O–H groups in total. The lowest BCUT2D eigenvalue weighted by atomic mass is 10.3. The van der Waals surface area contributed by atoms with Gasteiger partial charge in [0.15, 0.2) is 5.82 Å². The second-order valence-corrected chi connectivity index (χ2v) is 4.88. The quantitative estimate of drug-likeness (QED) is 0.682. The first-order chi connectivity index (χ1) is 8.19. The van der Waals surface area contributed by atoms with Gasteiger partial charge in [0.05, 0.1) is 5.75 Å². The average Bonchev–Trinajstić information content (AvgIpc) is 2.78. The zero-order valence-corrected chi connectivity index (χ0v) is 10.9. The molecule has 1 aromatic heterocycles. The van der Waals surface area contributed by atoms with Crippen LogP contribution in [0.1, 0.15) is 18.6 Å². The summed E-state index contributed by atoms with van der Waals surface area (Å²) in [4.78, 5) is 5.15. The van der Waals surface area contributed by atoms with Crippen LogP contribution in [0.2, 0.25) is 5.02 Å². The second kappa shape index (κ2) is 5.42. The maximum absolute atomic E-state index is 5.90. The molecule has 0 aliphatic heterocycles. The summed E-state index contributed by atoms with van der Waals surface area (Å²) < 4.78 is 5.09. The molecule has 2 rings (SSSR count). The van der Waals surface area contributed by atoms with E-state index in [9.17, 15) is 0 Å². The molecule has 90 valence electrons. The Bertz CT molecular complexity index is 515. The summed E-state index contributed by atoms with van der Waals surface area (Å²) >= 11 is 7.44. The molecule has 0 spiro atoms. The van der Waals surface area contributed by atoms with E-state index in [-0.39, 0.29) is 0 Å². The number of thioether (sulfide) groups is 1. The van der Waals surface area contributed by atoms with Crippen LogP contribution in [0.15, 0.2) is 27.6 Å². The maximum Gasteiger partial charge on any atom is 0.237 e. The Labute approximate surface area is 109 Å². The zero-order chi connectivity index (χ0) is 12.3. The topological polar surface area (TPSA) is 64.9 Å². The Morgan fingerprint density at radius 2 is 2.29 bits per heavy atom. The highest BCUT2D eigenvalue weighted by atomic mass is 35.5. The summed E-state index contributed by atoms with van der Waals surface area (Å²) in [6, 6.07) is 5.39. The van der Waals surface area contributed by atoms with Crippen molar-refractivity contribution in [1.82, 2.24) is 10.1 Å². The van der Waals surface area contributed by atoms with Crippen LogP contribution in [-0.4, -0.2) is 10.1 Å². The SMILES string of the molecule is CCc1noc(CSc2cc(Cl)ccc2N)n1. The van der Waals surface area contributed by atoms with Crippen LogP contribution in [0, 0.1) is 0 Å². The van der Waals surface area contributed by atoms with Gasteiger partial charge in [0.2, 0.25) is 5.89 Å². The van der Waals surface area contributed by atoms with E-state index in [1.54, 1.807) is 12.1 Å². The van der Waals surface area contributed by atoms with Crippen molar-refractivity contribution in [3.8, 4) is 0 Å². The van der Waals surface area contributed by atoms with Gasteiger partial charge in [0, 0.05) is 22.0 Å². The van der Waals surface area contributed by atoms with Gasteiger partial charge < -0.3 is 10.3 Å². The maximum atomic E-state index is 5.90. The Hall–Kier alpha value is -1.20. The molecular formula is C11H12ClN3OS. The van der Waals surface area contributed by atoms with Crippen LogP contribution in [0.5, 0.6) is 0 Å². The number of nitrogens with two attached hydrogens (primary N) is 1. The lowest BCUT2D eigenvalue weighted by Gasteiger charge is -2.03. The molecule has 1 aromatic carbocycles. The third-order valence-electron chi connectivity index (χ3n) is 2.15. The molecule has 6 heteroatoms. The first-order valence-corrected chi connectivity index (χ1v) is 6.54. The van der Waals surface area contributed by atoms with Crippen LogP contribution >= 0.6 is 23.4 Å². The Morgan fingerprint density at radius 1 is 1.47 bits per heavy atom. The van der Waals surface area contributed by atoms with Crippen LogP contribution < -0.4 is 5.73 Å². The average molecular weight is 270 g/mol. The predicted octanol–water partition coefficient (Wildman–Crippen LogP) is 3.16. The van der Waals surface area contributed by atoms with Gasteiger partial charge in [-0.15, -0.1) is 11.8 Å². The summed E-state index contributed by atoms with van der Waals surface area (Å²) in [7, 11) is 0. The van der Waals surface area contributed by atoms with Crippen molar-refractivity contribution in [2.24, 2.45) is 0 Å². The summed E-state index contributed by atoms with van der Waals surface area (Å²) in [5, 5.41) is 4.50. The molecule has 0 aliphatic rings. The van der Waals surface area contributed by atoms with E-state index in [0.717, 1.165) is 17.1 Å². The molecular weight excluding hydrogens is 258 g/mol. The van der Waals surface area contributed by atoms with Crippen molar-refractivity contribution in [3.63, 3.8) is 0 Å². The minimum Gasteiger partial charge on any atom is -0.398 e. The number of hydrogen-bond acceptors (Lipinski definition) is 5. The number of halogens is 1. The molecule has 0 saturated heterocycles. The number of nitrogen functional groups attached to an aromatic ring is 1. The van der Waals surface area contributed by atoms with Crippen LogP contribution in [0.4, 0.5) is 5.69 Å². The van der Waals surface area contributed by atoms with Gasteiger partial charge in [-0.3, -0.25) is 0 Å². The van der Waals surface area contributed by atoms with Crippen molar-refractivity contribution in [1.29, 1.82) is 0 Å². The van der Waals surface area contributed by atoms with Crippen molar-refractivity contribution in [2.75, 3.05) is 5.73 Å². The van der Waals surface area contributed by atoms with Gasteiger partial charge in [-0.25, -0.2) is 0 Å². The minimum absolute atomic E-state index is 0.595. The first-order valence-electron chi connectivity index (χ1n) is 5.18. The van der Waals surface area contributed by atoms with Gasteiger partial charge in [0.1, 0.15) is 0 Å². The molecule has 0 amide bonds. The van der Waals surface area contributed by atoms with E-state index in [2.05, 4.69) is 10.1 Å². The van der Waals surface area contributed by atoms with Gasteiger partial charge in [-0.2, -0.15) is 4.98 Å². The van der Waals surface area contributed by atoms with E-state index in [1.807, 2.05) is 13.0 Å². The lowest BCUT2D eigenvalue weighted by Crippen LogP contribution is -1.89. The van der Waals surface area contributed by atoms with Crippen LogP contribution in [-0.2, 0) is 12.2 Å². The van der Waals surface area contributed by atoms with Crippen molar-refractivity contribution < 1.29 is 4.52 Å². The normalized spacial score (nSPS) is 10.7. The van der Waals surface area contributed by atoms with E-state index in [0.29, 0.717) is 22.4 Å².